The monoisotopic (exact) mass is 437 g/mol. The van der Waals surface area contributed by atoms with Crippen molar-refractivity contribution in [3.8, 4) is 17.2 Å². The Bertz CT molecular complexity index is 879. The molecule has 0 aliphatic heterocycles. The Morgan fingerprint density at radius 2 is 1.63 bits per heavy atom. The van der Waals surface area contributed by atoms with E-state index in [9.17, 15) is 9.67 Å². The van der Waals surface area contributed by atoms with Gasteiger partial charge in [0.1, 0.15) is 5.82 Å². The summed E-state index contributed by atoms with van der Waals surface area (Å²) in [6.45, 7) is 7.06. The van der Waals surface area contributed by atoms with Crippen LogP contribution in [-0.2, 0) is 13.6 Å². The molecule has 0 atom stereocenters. The van der Waals surface area contributed by atoms with E-state index in [4.69, 9.17) is 18.5 Å². The first-order chi connectivity index (χ1) is 14.2. The molecule has 2 N–H and O–H groups in total. The van der Waals surface area contributed by atoms with Gasteiger partial charge in [-0.05, 0) is 45.4 Å². The molecule has 0 saturated carbocycles. The van der Waals surface area contributed by atoms with Crippen molar-refractivity contribution >= 4 is 18.7 Å². The number of hydrogen-bond donors (Lipinski definition) is 2. The summed E-state index contributed by atoms with van der Waals surface area (Å²) in [5.41, 5.74) is 0.419. The van der Waals surface area contributed by atoms with Gasteiger partial charge in [0.15, 0.2) is 11.5 Å². The fraction of sp³-hybridized carbons (Fsp3) is 0.400. The van der Waals surface area contributed by atoms with Gasteiger partial charge in [0.2, 0.25) is 5.75 Å². The third kappa shape index (κ3) is 5.95. The lowest BCUT2D eigenvalue weighted by Crippen LogP contribution is -2.10. The molecule has 164 valence electrons. The molecule has 0 bridgehead atoms. The molecule has 1 aromatic heterocycles. The Labute approximate surface area is 176 Å². The van der Waals surface area contributed by atoms with Gasteiger partial charge >= 0.3 is 7.60 Å². The fourth-order valence-electron chi connectivity index (χ4n) is 2.57. The number of nitrogens with one attached hydrogen (secondary N) is 1. The maximum Gasteiger partial charge on any atom is 0.363 e. The van der Waals surface area contributed by atoms with Crippen LogP contribution in [0.3, 0.4) is 0 Å². The average molecular weight is 437 g/mol. The highest BCUT2D eigenvalue weighted by Gasteiger charge is 2.35. The molecule has 10 heteroatoms. The van der Waals surface area contributed by atoms with Gasteiger partial charge in [0.25, 0.3) is 0 Å². The standard InChI is InChI=1S/C20H28N3O6P/c1-13(2)28-30(25,29-14(3)4)18(11-23-19-12-21-7-8-22-19)15-9-16(26-5)20(24)17(10-15)27-6/h7-14,24H,1-6H3,(H,22,23)/b18-11+. The number of methoxy groups -OCH3 is 2. The maximum absolute atomic E-state index is 13.9. The molecular formula is C20H28N3O6P. The molecule has 1 aromatic carbocycles. The van der Waals surface area contributed by atoms with Crippen LogP contribution in [0.4, 0.5) is 5.82 Å². The highest BCUT2D eigenvalue weighted by Crippen LogP contribution is 2.62. The second kappa shape index (κ2) is 10.4. The van der Waals surface area contributed by atoms with E-state index in [1.807, 2.05) is 0 Å². The van der Waals surface area contributed by atoms with Crippen LogP contribution in [0.2, 0.25) is 0 Å². The molecule has 2 aromatic rings. The Kier molecular flexibility index (Phi) is 8.23. The molecule has 0 saturated heterocycles. The number of anilines is 1. The minimum Gasteiger partial charge on any atom is -0.502 e. The summed E-state index contributed by atoms with van der Waals surface area (Å²) in [5.74, 6) is 0.563. The van der Waals surface area contributed by atoms with Gasteiger partial charge in [-0.25, -0.2) is 4.98 Å². The molecule has 0 fully saturated rings. The molecule has 0 aliphatic carbocycles. The summed E-state index contributed by atoms with van der Waals surface area (Å²) < 4.78 is 35.9. The van der Waals surface area contributed by atoms with E-state index in [0.717, 1.165) is 0 Å². The highest BCUT2D eigenvalue weighted by atomic mass is 31.2. The van der Waals surface area contributed by atoms with E-state index in [2.05, 4.69) is 15.3 Å². The average Bonchev–Trinajstić information content (AvgIpc) is 2.68. The minimum atomic E-state index is -3.82. The van der Waals surface area contributed by atoms with E-state index < -0.39 is 7.60 Å². The highest BCUT2D eigenvalue weighted by molar-refractivity contribution is 7.65. The van der Waals surface area contributed by atoms with Crippen molar-refractivity contribution in [2.75, 3.05) is 19.5 Å². The van der Waals surface area contributed by atoms with Crippen LogP contribution in [0.1, 0.15) is 33.3 Å². The number of ether oxygens (including phenoxy) is 2. The number of rotatable bonds is 10. The molecule has 9 nitrogen and oxygen atoms in total. The van der Waals surface area contributed by atoms with E-state index in [0.29, 0.717) is 11.4 Å². The molecule has 0 spiro atoms. The van der Waals surface area contributed by atoms with Crippen LogP contribution < -0.4 is 14.8 Å². The smallest absolute Gasteiger partial charge is 0.363 e. The minimum absolute atomic E-state index is 0.149. The van der Waals surface area contributed by atoms with Gasteiger partial charge in [-0.15, -0.1) is 0 Å². The number of aromatic nitrogens is 2. The molecule has 1 heterocycles. The molecule has 2 rings (SSSR count). The van der Waals surface area contributed by atoms with E-state index in [-0.39, 0.29) is 34.8 Å². The fourth-order valence-corrected chi connectivity index (χ4v) is 4.63. The molecule has 0 amide bonds. The summed E-state index contributed by atoms with van der Waals surface area (Å²) >= 11 is 0. The Hall–Kier alpha value is -2.61. The predicted octanol–water partition coefficient (Wildman–Crippen LogP) is 4.65. The van der Waals surface area contributed by atoms with Crippen LogP contribution in [0, 0.1) is 0 Å². The Morgan fingerprint density at radius 3 is 2.07 bits per heavy atom. The first-order valence-corrected chi connectivity index (χ1v) is 10.9. The lowest BCUT2D eigenvalue weighted by Gasteiger charge is -2.26. The first-order valence-electron chi connectivity index (χ1n) is 9.35. The Balaban J connectivity index is 2.67. The van der Waals surface area contributed by atoms with E-state index in [1.54, 1.807) is 33.9 Å². The normalized spacial score (nSPS) is 12.3. The summed E-state index contributed by atoms with van der Waals surface area (Å²) in [5, 5.41) is 13.4. The third-order valence-corrected chi connectivity index (χ3v) is 6.07. The third-order valence-electron chi connectivity index (χ3n) is 3.69. The lowest BCUT2D eigenvalue weighted by atomic mass is 10.1. The first kappa shape index (κ1) is 23.7. The quantitative estimate of drug-likeness (QED) is 0.513. The number of phenolic OH excluding ortho intramolecular Hbond substituents is 1. The van der Waals surface area contributed by atoms with Gasteiger partial charge in [0, 0.05) is 18.6 Å². The summed E-state index contributed by atoms with van der Waals surface area (Å²) in [7, 11) is -0.997. The number of benzene rings is 1. The lowest BCUT2D eigenvalue weighted by molar-refractivity contribution is 0.150. The van der Waals surface area contributed by atoms with Crippen molar-refractivity contribution < 1.29 is 28.2 Å². The Morgan fingerprint density at radius 1 is 1.07 bits per heavy atom. The van der Waals surface area contributed by atoms with Gasteiger partial charge in [-0.1, -0.05) is 0 Å². The molecule has 30 heavy (non-hydrogen) atoms. The second-order valence-electron chi connectivity index (χ2n) is 6.80. The van der Waals surface area contributed by atoms with Gasteiger partial charge in [0.05, 0.1) is 37.9 Å². The van der Waals surface area contributed by atoms with E-state index >= 15 is 0 Å². The SMILES string of the molecule is COc1cc(/C(=C\Nc2cnccn2)P(=O)(OC(C)C)OC(C)C)cc(OC)c1O. The van der Waals surface area contributed by atoms with Crippen molar-refractivity contribution in [1.82, 2.24) is 9.97 Å². The van der Waals surface area contributed by atoms with Crippen molar-refractivity contribution in [2.45, 2.75) is 39.9 Å². The number of hydrogen-bond acceptors (Lipinski definition) is 9. The largest absolute Gasteiger partial charge is 0.502 e. The van der Waals surface area contributed by atoms with E-state index in [1.165, 1.54) is 44.9 Å². The topological polar surface area (TPSA) is 112 Å². The maximum atomic E-state index is 13.9. The molecule has 0 aliphatic rings. The van der Waals surface area contributed by atoms with Crippen molar-refractivity contribution in [3.05, 3.63) is 42.5 Å². The molecular weight excluding hydrogens is 409 g/mol. The summed E-state index contributed by atoms with van der Waals surface area (Å²) in [6, 6.07) is 3.06. The zero-order chi connectivity index (χ0) is 22.3. The van der Waals surface area contributed by atoms with Crippen LogP contribution in [0.25, 0.3) is 5.31 Å². The number of phenols is 1. The number of nitrogens with zero attached hydrogens (tertiary/aromatic N) is 2. The second-order valence-corrected chi connectivity index (χ2v) is 8.70. The zero-order valence-corrected chi connectivity index (χ0v) is 18.8. The van der Waals surface area contributed by atoms with Crippen LogP contribution >= 0.6 is 7.60 Å². The summed E-state index contributed by atoms with van der Waals surface area (Å²) in [4.78, 5) is 8.15. The van der Waals surface area contributed by atoms with Crippen LogP contribution in [0.5, 0.6) is 17.2 Å². The van der Waals surface area contributed by atoms with Crippen molar-refractivity contribution in [1.29, 1.82) is 0 Å². The van der Waals surface area contributed by atoms with Gasteiger partial charge in [-0.3, -0.25) is 9.55 Å². The van der Waals surface area contributed by atoms with Crippen molar-refractivity contribution in [2.24, 2.45) is 0 Å². The predicted molar refractivity (Wildman–Crippen MR) is 115 cm³/mol. The van der Waals surface area contributed by atoms with Crippen LogP contribution in [-0.4, -0.2) is 41.5 Å². The summed E-state index contributed by atoms with van der Waals surface area (Å²) in [6.07, 6.45) is 5.31. The number of aromatic hydroxyl groups is 1. The van der Waals surface area contributed by atoms with Gasteiger partial charge in [-0.2, -0.15) is 0 Å². The zero-order valence-electron chi connectivity index (χ0n) is 17.9. The van der Waals surface area contributed by atoms with Crippen LogP contribution in [0.15, 0.2) is 36.9 Å². The molecule has 0 radical (unpaired) electrons. The molecule has 0 unspecified atom stereocenters. The van der Waals surface area contributed by atoms with Gasteiger partial charge < -0.3 is 28.9 Å². The van der Waals surface area contributed by atoms with Crippen molar-refractivity contribution in [3.63, 3.8) is 0 Å².